The highest BCUT2D eigenvalue weighted by Gasteiger charge is 2.49. The van der Waals surface area contributed by atoms with Crippen LogP contribution in [-0.2, 0) is 5.33 Å². The van der Waals surface area contributed by atoms with Crippen molar-refractivity contribution in [2.75, 3.05) is 0 Å². The maximum atomic E-state index is 5.37. The lowest BCUT2D eigenvalue weighted by Crippen LogP contribution is -1.91. The minimum absolute atomic E-state index is 0.427. The first-order valence-electron chi connectivity index (χ1n) is 4.13. The first kappa shape index (κ1) is 8.30. The van der Waals surface area contributed by atoms with Gasteiger partial charge in [-0.15, -0.1) is 0 Å². The third kappa shape index (κ3) is 1.20. The van der Waals surface area contributed by atoms with Crippen molar-refractivity contribution in [3.05, 3.63) is 17.8 Å². The van der Waals surface area contributed by atoms with E-state index in [4.69, 9.17) is 4.42 Å². The van der Waals surface area contributed by atoms with E-state index in [2.05, 4.69) is 34.8 Å². The van der Waals surface area contributed by atoms with E-state index in [1.807, 2.05) is 0 Å². The molecule has 3 heteroatoms. The summed E-state index contributed by atoms with van der Waals surface area (Å²) in [4.78, 5) is 4.15. The van der Waals surface area contributed by atoms with Crippen molar-refractivity contribution < 1.29 is 4.42 Å². The summed E-state index contributed by atoms with van der Waals surface area (Å²) in [6.45, 7) is 4.52. The largest absolute Gasteiger partial charge is 0.448 e. The summed E-state index contributed by atoms with van der Waals surface area (Å²) in [5, 5.41) is 0.797. The monoisotopic (exact) mass is 229 g/mol. The van der Waals surface area contributed by atoms with Gasteiger partial charge in [-0.3, -0.25) is 0 Å². The fourth-order valence-corrected chi connectivity index (χ4v) is 2.00. The van der Waals surface area contributed by atoms with Crippen molar-refractivity contribution in [1.29, 1.82) is 0 Å². The molecule has 1 aliphatic rings. The molecule has 0 radical (unpaired) electrons. The molecule has 0 aliphatic heterocycles. The van der Waals surface area contributed by atoms with Crippen LogP contribution in [0.25, 0.3) is 0 Å². The molecule has 12 heavy (non-hydrogen) atoms. The van der Waals surface area contributed by atoms with E-state index < -0.39 is 0 Å². The molecule has 1 aromatic heterocycles. The molecule has 1 fully saturated rings. The smallest absolute Gasteiger partial charge is 0.181 e. The lowest BCUT2D eigenvalue weighted by atomic mass is 10.1. The lowest BCUT2D eigenvalue weighted by molar-refractivity contribution is 0.476. The van der Waals surface area contributed by atoms with Gasteiger partial charge in [-0.05, 0) is 11.8 Å². The fourth-order valence-electron chi connectivity index (χ4n) is 1.58. The van der Waals surface area contributed by atoms with Crippen molar-refractivity contribution in [2.45, 2.75) is 31.5 Å². The Labute approximate surface area is 80.5 Å². The summed E-state index contributed by atoms with van der Waals surface area (Å²) in [6, 6.07) is 0. The van der Waals surface area contributed by atoms with Crippen LogP contribution in [0.3, 0.4) is 0 Å². The molecule has 1 unspecified atom stereocenters. The summed E-state index contributed by atoms with van der Waals surface area (Å²) in [7, 11) is 0. The highest BCUT2D eigenvalue weighted by atomic mass is 79.9. The highest BCUT2D eigenvalue weighted by molar-refractivity contribution is 9.08. The Kier molecular flexibility index (Phi) is 1.79. The number of nitrogens with zero attached hydrogens (tertiary/aromatic N) is 1. The van der Waals surface area contributed by atoms with Gasteiger partial charge in [-0.1, -0.05) is 29.8 Å². The molecule has 1 aliphatic carbocycles. The molecule has 0 N–H and O–H groups in total. The molecule has 1 saturated carbocycles. The highest BCUT2D eigenvalue weighted by Crippen LogP contribution is 2.59. The summed E-state index contributed by atoms with van der Waals surface area (Å²) in [5.74, 6) is 1.67. The van der Waals surface area contributed by atoms with Crippen LogP contribution in [0.2, 0.25) is 0 Å². The Bertz CT molecular complexity index is 292. The topological polar surface area (TPSA) is 26.0 Å². The second-order valence-corrected chi connectivity index (χ2v) is 4.60. The van der Waals surface area contributed by atoms with Crippen LogP contribution < -0.4 is 0 Å². The number of oxazole rings is 1. The molecule has 1 atom stereocenters. The third-order valence-electron chi connectivity index (χ3n) is 2.63. The van der Waals surface area contributed by atoms with E-state index >= 15 is 0 Å². The molecule has 2 rings (SSSR count). The van der Waals surface area contributed by atoms with E-state index in [0.29, 0.717) is 11.3 Å². The van der Waals surface area contributed by atoms with Gasteiger partial charge >= 0.3 is 0 Å². The van der Waals surface area contributed by atoms with Crippen LogP contribution in [0.1, 0.15) is 37.6 Å². The van der Waals surface area contributed by atoms with Crippen molar-refractivity contribution in [1.82, 2.24) is 4.98 Å². The van der Waals surface area contributed by atoms with Gasteiger partial charge in [-0.25, -0.2) is 4.98 Å². The Morgan fingerprint density at radius 2 is 2.42 bits per heavy atom. The predicted octanol–water partition coefficient (Wildman–Crippen LogP) is 3.08. The molecule has 0 bridgehead atoms. The van der Waals surface area contributed by atoms with E-state index in [0.717, 1.165) is 16.8 Å². The standard InChI is InChI=1S/C9H12BrNO/c1-9(2)3-6(9)8-7(4-10)11-5-12-8/h5-6H,3-4H2,1-2H3. The van der Waals surface area contributed by atoms with Gasteiger partial charge in [0.25, 0.3) is 0 Å². The molecule has 0 spiro atoms. The lowest BCUT2D eigenvalue weighted by Gasteiger charge is -2.00. The maximum Gasteiger partial charge on any atom is 0.181 e. The van der Waals surface area contributed by atoms with Gasteiger partial charge < -0.3 is 4.42 Å². The predicted molar refractivity (Wildman–Crippen MR) is 50.3 cm³/mol. The zero-order valence-electron chi connectivity index (χ0n) is 7.30. The SMILES string of the molecule is CC1(C)CC1c1ocnc1CBr. The third-order valence-corrected chi connectivity index (χ3v) is 3.16. The number of hydrogen-bond acceptors (Lipinski definition) is 2. The molecule has 0 saturated heterocycles. The minimum Gasteiger partial charge on any atom is -0.448 e. The molecule has 1 aromatic rings. The molecule has 2 nitrogen and oxygen atoms in total. The van der Waals surface area contributed by atoms with Crippen LogP contribution in [0.4, 0.5) is 0 Å². The number of aromatic nitrogens is 1. The van der Waals surface area contributed by atoms with Crippen LogP contribution in [-0.4, -0.2) is 4.98 Å². The Balaban J connectivity index is 2.24. The van der Waals surface area contributed by atoms with Crippen LogP contribution in [0.5, 0.6) is 0 Å². The van der Waals surface area contributed by atoms with Gasteiger partial charge in [-0.2, -0.15) is 0 Å². The van der Waals surface area contributed by atoms with E-state index in [1.54, 1.807) is 6.39 Å². The van der Waals surface area contributed by atoms with Crippen molar-refractivity contribution in [3.8, 4) is 0 Å². The summed E-state index contributed by atoms with van der Waals surface area (Å²) in [5.41, 5.74) is 1.49. The second-order valence-electron chi connectivity index (χ2n) is 4.04. The maximum absolute atomic E-state index is 5.37. The van der Waals surface area contributed by atoms with E-state index in [9.17, 15) is 0 Å². The quantitative estimate of drug-likeness (QED) is 0.729. The minimum atomic E-state index is 0.427. The fraction of sp³-hybridized carbons (Fsp3) is 0.667. The van der Waals surface area contributed by atoms with E-state index in [1.165, 1.54) is 6.42 Å². The zero-order chi connectivity index (χ0) is 8.77. The van der Waals surface area contributed by atoms with Gasteiger partial charge in [0.1, 0.15) is 5.76 Å². The average molecular weight is 230 g/mol. The van der Waals surface area contributed by atoms with Gasteiger partial charge in [0.15, 0.2) is 6.39 Å². The van der Waals surface area contributed by atoms with Crippen molar-refractivity contribution >= 4 is 15.9 Å². The number of rotatable bonds is 2. The first-order valence-corrected chi connectivity index (χ1v) is 5.25. The van der Waals surface area contributed by atoms with E-state index in [-0.39, 0.29) is 0 Å². The van der Waals surface area contributed by atoms with Crippen LogP contribution in [0.15, 0.2) is 10.8 Å². The van der Waals surface area contributed by atoms with Crippen molar-refractivity contribution in [2.24, 2.45) is 5.41 Å². The molecular formula is C9H12BrNO. The van der Waals surface area contributed by atoms with Gasteiger partial charge in [0, 0.05) is 11.2 Å². The molecule has 1 heterocycles. The Hall–Kier alpha value is -0.310. The zero-order valence-corrected chi connectivity index (χ0v) is 8.89. The summed E-state index contributed by atoms with van der Waals surface area (Å²) in [6.07, 6.45) is 2.77. The normalized spacial score (nSPS) is 25.8. The number of alkyl halides is 1. The average Bonchev–Trinajstić information content (AvgIpc) is 2.51. The summed E-state index contributed by atoms with van der Waals surface area (Å²) >= 11 is 3.40. The van der Waals surface area contributed by atoms with Gasteiger partial charge in [0.05, 0.1) is 5.69 Å². The van der Waals surface area contributed by atoms with Crippen LogP contribution in [0, 0.1) is 5.41 Å². The molecule has 66 valence electrons. The van der Waals surface area contributed by atoms with Crippen molar-refractivity contribution in [3.63, 3.8) is 0 Å². The van der Waals surface area contributed by atoms with Gasteiger partial charge in [0.2, 0.25) is 0 Å². The second kappa shape index (κ2) is 2.59. The Morgan fingerprint density at radius 1 is 1.75 bits per heavy atom. The number of halogens is 1. The molecule has 0 amide bonds. The first-order chi connectivity index (χ1) is 5.65. The Morgan fingerprint density at radius 3 is 2.92 bits per heavy atom. The number of hydrogen-bond donors (Lipinski definition) is 0. The van der Waals surface area contributed by atoms with Crippen LogP contribution >= 0.6 is 15.9 Å². The summed E-state index contributed by atoms with van der Waals surface area (Å²) < 4.78 is 5.37. The molecular weight excluding hydrogens is 218 g/mol. The molecule has 0 aromatic carbocycles.